The van der Waals surface area contributed by atoms with Crippen molar-refractivity contribution < 1.29 is 14.7 Å². The van der Waals surface area contributed by atoms with Gasteiger partial charge in [0, 0.05) is 13.1 Å². The minimum absolute atomic E-state index is 0.143. The summed E-state index contributed by atoms with van der Waals surface area (Å²) in [6.07, 6.45) is 0.917. The maximum Gasteiger partial charge on any atom is 0.326 e. The number of benzene rings is 1. The Bertz CT molecular complexity index is 557. The van der Waals surface area contributed by atoms with Gasteiger partial charge >= 0.3 is 5.97 Å². The van der Waals surface area contributed by atoms with E-state index in [-0.39, 0.29) is 17.9 Å². The predicted octanol–water partition coefficient (Wildman–Crippen LogP) is 1.66. The number of nitrogens with zero attached hydrogens (tertiary/aromatic N) is 1. The van der Waals surface area contributed by atoms with Gasteiger partial charge in [-0.2, -0.15) is 0 Å². The molecule has 1 heterocycles. The topological polar surface area (TPSA) is 69.6 Å². The van der Waals surface area contributed by atoms with Crippen molar-refractivity contribution in [2.24, 2.45) is 5.92 Å². The summed E-state index contributed by atoms with van der Waals surface area (Å²) in [5.74, 6) is -1.35. The summed E-state index contributed by atoms with van der Waals surface area (Å²) in [5.41, 5.74) is 2.57. The Morgan fingerprint density at radius 1 is 1.18 bits per heavy atom. The van der Waals surface area contributed by atoms with Crippen molar-refractivity contribution in [1.29, 1.82) is 0 Å². The van der Waals surface area contributed by atoms with E-state index >= 15 is 0 Å². The molecule has 1 aromatic carbocycles. The van der Waals surface area contributed by atoms with Crippen molar-refractivity contribution in [3.05, 3.63) is 35.4 Å². The summed E-state index contributed by atoms with van der Waals surface area (Å²) in [6, 6.07) is 7.06. The minimum Gasteiger partial charge on any atom is -0.480 e. The van der Waals surface area contributed by atoms with Crippen molar-refractivity contribution in [3.63, 3.8) is 0 Å². The molecule has 1 amide bonds. The highest BCUT2D eigenvalue weighted by Crippen LogP contribution is 2.20. The molecule has 0 spiro atoms. The van der Waals surface area contributed by atoms with E-state index in [0.29, 0.717) is 0 Å². The third-order valence-corrected chi connectivity index (χ3v) is 4.32. The molecule has 0 bridgehead atoms. The van der Waals surface area contributed by atoms with Crippen LogP contribution in [0.25, 0.3) is 0 Å². The summed E-state index contributed by atoms with van der Waals surface area (Å²) in [7, 11) is 0. The number of nitrogens with one attached hydrogen (secondary N) is 1. The van der Waals surface area contributed by atoms with Crippen LogP contribution in [0.3, 0.4) is 0 Å². The Hall–Kier alpha value is -1.88. The second-order valence-electron chi connectivity index (χ2n) is 6.23. The van der Waals surface area contributed by atoms with Gasteiger partial charge in [-0.05, 0) is 30.4 Å². The fraction of sp³-hybridized carbons (Fsp3) is 0.529. The van der Waals surface area contributed by atoms with Crippen LogP contribution in [0.4, 0.5) is 0 Å². The Morgan fingerprint density at radius 3 is 2.41 bits per heavy atom. The van der Waals surface area contributed by atoms with Crippen molar-refractivity contribution >= 4 is 11.9 Å². The lowest BCUT2D eigenvalue weighted by Crippen LogP contribution is -2.52. The van der Waals surface area contributed by atoms with E-state index in [1.807, 2.05) is 19.1 Å². The molecule has 0 aromatic heterocycles. The first-order valence-electron chi connectivity index (χ1n) is 7.74. The largest absolute Gasteiger partial charge is 0.480 e. The summed E-state index contributed by atoms with van der Waals surface area (Å²) < 4.78 is 0. The average molecular weight is 304 g/mol. The molecular weight excluding hydrogens is 280 g/mol. The first-order chi connectivity index (χ1) is 10.4. The fourth-order valence-electron chi connectivity index (χ4n) is 2.80. The first kappa shape index (κ1) is 16.5. The molecule has 0 aliphatic carbocycles. The van der Waals surface area contributed by atoms with Gasteiger partial charge in [-0.3, -0.25) is 9.69 Å². The second kappa shape index (κ2) is 6.92. The van der Waals surface area contributed by atoms with Gasteiger partial charge in [0.25, 0.3) is 0 Å². The Morgan fingerprint density at radius 2 is 1.82 bits per heavy atom. The molecule has 0 saturated carbocycles. The maximum absolute atomic E-state index is 12.4. The molecule has 120 valence electrons. The number of carboxylic acids is 1. The third-order valence-electron chi connectivity index (χ3n) is 4.32. The molecule has 1 aliphatic rings. The summed E-state index contributed by atoms with van der Waals surface area (Å²) in [5, 5.41) is 11.8. The molecule has 2 atom stereocenters. The van der Waals surface area contributed by atoms with Gasteiger partial charge in [0.05, 0.1) is 6.04 Å². The van der Waals surface area contributed by atoms with Gasteiger partial charge in [-0.15, -0.1) is 0 Å². The molecule has 1 aliphatic heterocycles. The molecular formula is C17H24N2O3. The Kier molecular flexibility index (Phi) is 5.19. The second-order valence-corrected chi connectivity index (χ2v) is 6.23. The van der Waals surface area contributed by atoms with Crippen molar-refractivity contribution in [3.8, 4) is 0 Å². The highest BCUT2D eigenvalue weighted by molar-refractivity contribution is 5.86. The van der Waals surface area contributed by atoms with E-state index in [9.17, 15) is 14.7 Å². The Labute approximate surface area is 131 Å². The van der Waals surface area contributed by atoms with E-state index in [0.717, 1.165) is 19.5 Å². The third kappa shape index (κ3) is 3.65. The Balaban J connectivity index is 2.01. The van der Waals surface area contributed by atoms with Crippen LogP contribution in [0.5, 0.6) is 0 Å². The number of hydrogen-bond acceptors (Lipinski definition) is 3. The maximum atomic E-state index is 12.4. The lowest BCUT2D eigenvalue weighted by atomic mass is 9.98. The number of carbonyl (C=O) groups excluding carboxylic acids is 1. The quantitative estimate of drug-likeness (QED) is 0.868. The lowest BCUT2D eigenvalue weighted by molar-refractivity contribution is -0.144. The minimum atomic E-state index is -0.987. The van der Waals surface area contributed by atoms with Gasteiger partial charge in [0.15, 0.2) is 0 Å². The molecule has 2 N–H and O–H groups in total. The number of carbonyl (C=O) groups is 2. The summed E-state index contributed by atoms with van der Waals surface area (Å²) >= 11 is 0. The van der Waals surface area contributed by atoms with Crippen molar-refractivity contribution in [2.75, 3.05) is 6.54 Å². The van der Waals surface area contributed by atoms with Crippen LogP contribution < -0.4 is 5.32 Å². The van der Waals surface area contributed by atoms with Crippen LogP contribution in [0.1, 0.15) is 31.9 Å². The normalized spacial score (nSPS) is 17.6. The zero-order valence-electron chi connectivity index (χ0n) is 13.4. The van der Waals surface area contributed by atoms with Crippen LogP contribution in [-0.2, 0) is 22.6 Å². The SMILES string of the molecule is CC(C)[C@H](NC(=O)C(C)N1CCc2ccccc2C1)C(=O)O. The standard InChI is InChI=1S/C17H24N2O3/c1-11(2)15(17(21)22)18-16(20)12(3)19-9-8-13-6-4-5-7-14(13)10-19/h4-7,11-12,15H,8-10H2,1-3H3,(H,18,20)(H,21,22)/t12?,15-/m0/s1. The molecule has 22 heavy (non-hydrogen) atoms. The summed E-state index contributed by atoms with van der Waals surface area (Å²) in [6.45, 7) is 6.96. The van der Waals surface area contributed by atoms with Crippen molar-refractivity contribution in [2.45, 2.75) is 45.8 Å². The number of aliphatic carboxylic acids is 1. The number of rotatable bonds is 5. The molecule has 1 unspecified atom stereocenters. The van der Waals surface area contributed by atoms with Gasteiger partial charge in [0.1, 0.15) is 6.04 Å². The molecule has 0 radical (unpaired) electrons. The number of amides is 1. The fourth-order valence-corrected chi connectivity index (χ4v) is 2.80. The lowest BCUT2D eigenvalue weighted by Gasteiger charge is -2.33. The van der Waals surface area contributed by atoms with E-state index in [1.165, 1.54) is 11.1 Å². The average Bonchev–Trinajstić information content (AvgIpc) is 2.50. The molecule has 0 saturated heterocycles. The molecule has 5 heteroatoms. The molecule has 1 aromatic rings. The smallest absolute Gasteiger partial charge is 0.326 e. The zero-order chi connectivity index (χ0) is 16.3. The van der Waals surface area contributed by atoms with Gasteiger partial charge in [0.2, 0.25) is 5.91 Å². The van der Waals surface area contributed by atoms with Crippen LogP contribution in [-0.4, -0.2) is 40.5 Å². The van der Waals surface area contributed by atoms with Crippen LogP contribution in [0.2, 0.25) is 0 Å². The first-order valence-corrected chi connectivity index (χ1v) is 7.74. The van der Waals surface area contributed by atoms with E-state index in [4.69, 9.17) is 0 Å². The highest BCUT2D eigenvalue weighted by atomic mass is 16.4. The predicted molar refractivity (Wildman–Crippen MR) is 84.4 cm³/mol. The summed E-state index contributed by atoms with van der Waals surface area (Å²) in [4.78, 5) is 25.7. The van der Waals surface area contributed by atoms with Crippen LogP contribution >= 0.6 is 0 Å². The molecule has 5 nitrogen and oxygen atoms in total. The highest BCUT2D eigenvalue weighted by Gasteiger charge is 2.29. The van der Waals surface area contributed by atoms with Crippen LogP contribution in [0.15, 0.2) is 24.3 Å². The van der Waals surface area contributed by atoms with E-state index in [2.05, 4.69) is 22.3 Å². The zero-order valence-corrected chi connectivity index (χ0v) is 13.4. The van der Waals surface area contributed by atoms with E-state index in [1.54, 1.807) is 13.8 Å². The van der Waals surface area contributed by atoms with Gasteiger partial charge in [-0.25, -0.2) is 4.79 Å². The van der Waals surface area contributed by atoms with Gasteiger partial charge in [-0.1, -0.05) is 38.1 Å². The van der Waals surface area contributed by atoms with Gasteiger partial charge < -0.3 is 10.4 Å². The number of carboxylic acid groups (broad SMARTS) is 1. The number of fused-ring (bicyclic) bond motifs is 1. The molecule has 2 rings (SSSR count). The van der Waals surface area contributed by atoms with Crippen molar-refractivity contribution in [1.82, 2.24) is 10.2 Å². The molecule has 0 fully saturated rings. The van der Waals surface area contributed by atoms with E-state index < -0.39 is 12.0 Å². The monoisotopic (exact) mass is 304 g/mol. The van der Waals surface area contributed by atoms with Crippen LogP contribution in [0, 0.1) is 5.92 Å². The number of hydrogen-bond donors (Lipinski definition) is 2.